The number of benzene rings is 1. The van der Waals surface area contributed by atoms with Gasteiger partial charge in [0.25, 0.3) is 0 Å². The van der Waals surface area contributed by atoms with Crippen molar-refractivity contribution in [2.75, 3.05) is 13.2 Å². The molecule has 0 aromatic heterocycles. The van der Waals surface area contributed by atoms with Crippen LogP contribution in [0.2, 0.25) is 0 Å². The Kier molecular flexibility index (Phi) is 5.96. The van der Waals surface area contributed by atoms with Crippen LogP contribution in [0, 0.1) is 0 Å². The molecule has 118 valence electrons. The normalized spacial score (nSPS) is 18.2. The monoisotopic (exact) mass is 290 g/mol. The molecule has 0 radical (unpaired) electrons. The first-order valence-electron chi connectivity index (χ1n) is 8.47. The molecule has 2 heteroatoms. The molecule has 2 aliphatic rings. The van der Waals surface area contributed by atoms with Crippen LogP contribution in [0.1, 0.15) is 71.3 Å². The predicted molar refractivity (Wildman–Crippen MR) is 88.5 cm³/mol. The second-order valence-electron chi connectivity index (χ2n) is 7.08. The van der Waals surface area contributed by atoms with Crippen molar-refractivity contribution in [1.29, 1.82) is 0 Å². The molecule has 3 rings (SSSR count). The zero-order valence-corrected chi connectivity index (χ0v) is 13.9. The number of ether oxygens (including phenoxy) is 2. The molecule has 0 saturated heterocycles. The molecule has 0 unspecified atom stereocenters. The Morgan fingerprint density at radius 3 is 1.95 bits per heavy atom. The van der Waals surface area contributed by atoms with Gasteiger partial charge in [0, 0.05) is 5.56 Å². The summed E-state index contributed by atoms with van der Waals surface area (Å²) >= 11 is 0. The number of hydrogen-bond acceptors (Lipinski definition) is 2. The summed E-state index contributed by atoms with van der Waals surface area (Å²) in [5, 5.41) is 0. The lowest BCUT2D eigenvalue weighted by atomic mass is 9.86. The van der Waals surface area contributed by atoms with E-state index in [4.69, 9.17) is 9.47 Å². The van der Waals surface area contributed by atoms with Crippen LogP contribution >= 0.6 is 0 Å². The summed E-state index contributed by atoms with van der Waals surface area (Å²) in [6.45, 7) is 8.33. The average Bonchev–Trinajstić information content (AvgIpc) is 2.45. The Morgan fingerprint density at radius 1 is 0.762 bits per heavy atom. The van der Waals surface area contributed by atoms with Crippen molar-refractivity contribution >= 4 is 0 Å². The van der Waals surface area contributed by atoms with Gasteiger partial charge in [0.05, 0.1) is 13.2 Å². The Morgan fingerprint density at radius 2 is 1.33 bits per heavy atom. The van der Waals surface area contributed by atoms with Crippen molar-refractivity contribution < 1.29 is 9.47 Å². The van der Waals surface area contributed by atoms with Crippen LogP contribution in [-0.4, -0.2) is 13.2 Å². The van der Waals surface area contributed by atoms with Crippen LogP contribution in [0.25, 0.3) is 0 Å². The van der Waals surface area contributed by atoms with Crippen LogP contribution < -0.4 is 9.47 Å². The van der Waals surface area contributed by atoms with E-state index in [1.807, 2.05) is 6.07 Å². The van der Waals surface area contributed by atoms with E-state index in [0.717, 1.165) is 37.6 Å². The third kappa shape index (κ3) is 5.26. The summed E-state index contributed by atoms with van der Waals surface area (Å²) in [4.78, 5) is 0. The third-order valence-corrected chi connectivity index (χ3v) is 4.07. The standard InChI is InChI=1S/C19H30O2/c1-19(2,3)17-15-16-11-12-18(17)21-14-10-8-6-4-5-7-9-13-20-16/h11-12,15H,4-10,13-14H2,1-3H3. The van der Waals surface area contributed by atoms with Crippen molar-refractivity contribution in [2.45, 2.75) is 71.1 Å². The fraction of sp³-hybridized carbons (Fsp3) is 0.684. The Hall–Kier alpha value is -1.18. The van der Waals surface area contributed by atoms with E-state index in [1.165, 1.54) is 37.7 Å². The topological polar surface area (TPSA) is 18.5 Å². The number of hydrogen-bond donors (Lipinski definition) is 0. The van der Waals surface area contributed by atoms with Gasteiger partial charge in [-0.25, -0.2) is 0 Å². The molecule has 2 nitrogen and oxygen atoms in total. The Labute approximate surface area is 129 Å². The first kappa shape index (κ1) is 16.2. The minimum absolute atomic E-state index is 0.0721. The fourth-order valence-electron chi connectivity index (χ4n) is 2.77. The second-order valence-corrected chi connectivity index (χ2v) is 7.08. The van der Waals surface area contributed by atoms with E-state index in [2.05, 4.69) is 32.9 Å². The maximum atomic E-state index is 6.04. The SMILES string of the molecule is CC(C)(C)c1cc2ccc1OCCCCCCCCCO2. The lowest BCUT2D eigenvalue weighted by molar-refractivity contribution is 0.293. The van der Waals surface area contributed by atoms with Crippen LogP contribution in [0.15, 0.2) is 18.2 Å². The maximum absolute atomic E-state index is 6.04. The highest BCUT2D eigenvalue weighted by atomic mass is 16.5. The summed E-state index contributed by atoms with van der Waals surface area (Å²) in [7, 11) is 0. The van der Waals surface area contributed by atoms with E-state index in [1.54, 1.807) is 0 Å². The van der Waals surface area contributed by atoms with Crippen molar-refractivity contribution in [3.8, 4) is 11.5 Å². The summed E-state index contributed by atoms with van der Waals surface area (Å²) in [5.41, 5.74) is 1.32. The van der Waals surface area contributed by atoms with Crippen molar-refractivity contribution in [3.63, 3.8) is 0 Å². The molecule has 0 spiro atoms. The molecule has 0 saturated carbocycles. The molecule has 0 aliphatic carbocycles. The lowest BCUT2D eigenvalue weighted by Gasteiger charge is -2.23. The van der Waals surface area contributed by atoms with Gasteiger partial charge in [0.2, 0.25) is 0 Å². The minimum Gasteiger partial charge on any atom is -0.494 e. The molecule has 0 N–H and O–H groups in total. The van der Waals surface area contributed by atoms with Crippen molar-refractivity contribution in [2.24, 2.45) is 0 Å². The molecule has 0 amide bonds. The Balaban J connectivity index is 2.15. The van der Waals surface area contributed by atoms with Gasteiger partial charge in [0.15, 0.2) is 0 Å². The van der Waals surface area contributed by atoms with Gasteiger partial charge in [-0.1, -0.05) is 52.9 Å². The minimum atomic E-state index is 0.0721. The van der Waals surface area contributed by atoms with E-state index < -0.39 is 0 Å². The molecular weight excluding hydrogens is 260 g/mol. The van der Waals surface area contributed by atoms with Gasteiger partial charge < -0.3 is 9.47 Å². The molecule has 21 heavy (non-hydrogen) atoms. The highest BCUT2D eigenvalue weighted by Crippen LogP contribution is 2.34. The van der Waals surface area contributed by atoms with Gasteiger partial charge in [-0.05, 0) is 36.5 Å². The number of rotatable bonds is 0. The van der Waals surface area contributed by atoms with Gasteiger partial charge in [0.1, 0.15) is 11.5 Å². The molecule has 2 bridgehead atoms. The largest absolute Gasteiger partial charge is 0.494 e. The van der Waals surface area contributed by atoms with Gasteiger partial charge in [-0.15, -0.1) is 0 Å². The Bertz CT molecular complexity index is 432. The molecule has 2 aliphatic heterocycles. The summed E-state index contributed by atoms with van der Waals surface area (Å²) in [5.74, 6) is 1.99. The zero-order chi connectivity index (χ0) is 15.1. The molecule has 1 aromatic carbocycles. The first-order valence-corrected chi connectivity index (χ1v) is 8.47. The van der Waals surface area contributed by atoms with Gasteiger partial charge >= 0.3 is 0 Å². The van der Waals surface area contributed by atoms with Gasteiger partial charge in [-0.3, -0.25) is 0 Å². The summed E-state index contributed by atoms with van der Waals surface area (Å²) in [6, 6.07) is 6.29. The highest BCUT2D eigenvalue weighted by molar-refractivity contribution is 5.44. The summed E-state index contributed by atoms with van der Waals surface area (Å²) in [6.07, 6.45) is 8.87. The van der Waals surface area contributed by atoms with Crippen LogP contribution in [-0.2, 0) is 5.41 Å². The third-order valence-electron chi connectivity index (χ3n) is 4.07. The number of fused-ring (bicyclic) bond motifs is 12. The highest BCUT2D eigenvalue weighted by Gasteiger charge is 2.20. The molecule has 1 aromatic rings. The van der Waals surface area contributed by atoms with Crippen LogP contribution in [0.4, 0.5) is 0 Å². The first-order chi connectivity index (χ1) is 10.1. The van der Waals surface area contributed by atoms with Crippen LogP contribution in [0.3, 0.4) is 0 Å². The zero-order valence-electron chi connectivity index (χ0n) is 13.9. The fourth-order valence-corrected chi connectivity index (χ4v) is 2.77. The molecule has 0 fully saturated rings. The van der Waals surface area contributed by atoms with Crippen molar-refractivity contribution in [3.05, 3.63) is 23.8 Å². The lowest BCUT2D eigenvalue weighted by Crippen LogP contribution is -2.14. The van der Waals surface area contributed by atoms with E-state index >= 15 is 0 Å². The molecular formula is C19H30O2. The second kappa shape index (κ2) is 7.72. The molecule has 2 heterocycles. The summed E-state index contributed by atoms with van der Waals surface area (Å²) < 4.78 is 12.0. The predicted octanol–water partition coefficient (Wildman–Crippen LogP) is 5.49. The van der Waals surface area contributed by atoms with Gasteiger partial charge in [-0.2, -0.15) is 0 Å². The van der Waals surface area contributed by atoms with E-state index in [-0.39, 0.29) is 5.41 Å². The maximum Gasteiger partial charge on any atom is 0.123 e. The van der Waals surface area contributed by atoms with E-state index in [9.17, 15) is 0 Å². The molecule has 0 atom stereocenters. The van der Waals surface area contributed by atoms with E-state index in [0.29, 0.717) is 0 Å². The van der Waals surface area contributed by atoms with Crippen molar-refractivity contribution in [1.82, 2.24) is 0 Å². The van der Waals surface area contributed by atoms with Crippen LogP contribution in [0.5, 0.6) is 11.5 Å². The smallest absolute Gasteiger partial charge is 0.123 e. The average molecular weight is 290 g/mol. The quantitative estimate of drug-likeness (QED) is 0.629.